The van der Waals surface area contributed by atoms with Crippen LogP contribution in [-0.4, -0.2) is 45.8 Å². The molecule has 0 saturated heterocycles. The second kappa shape index (κ2) is 10.1. The Balaban J connectivity index is 1.46. The zero-order valence-corrected chi connectivity index (χ0v) is 22.9. The minimum absolute atomic E-state index is 0.364. The van der Waals surface area contributed by atoms with E-state index < -0.39 is 0 Å². The first-order chi connectivity index (χ1) is 20.5. The van der Waals surface area contributed by atoms with Gasteiger partial charge in [-0.1, -0.05) is 84.9 Å². The van der Waals surface area contributed by atoms with Gasteiger partial charge in [0.05, 0.1) is 7.11 Å². The standard InChI is InChI=1S/C35H24N4O3/c1-39-34(40)26-18-17-25(30-28(42-2)20-19-27(29(26)30)35(39)41)33-37-31(23-11-7-4-8-12-23)36-32(38-33)24-15-13-22(14-16-24)21-9-5-3-6-10-21/h3-20H,1-2H3. The Kier molecular flexibility index (Phi) is 6.05. The van der Waals surface area contributed by atoms with Gasteiger partial charge in [0.25, 0.3) is 11.8 Å². The summed E-state index contributed by atoms with van der Waals surface area (Å²) in [7, 11) is 3.06. The number of aromatic nitrogens is 3. The third-order valence-electron chi connectivity index (χ3n) is 7.57. The van der Waals surface area contributed by atoms with E-state index in [9.17, 15) is 9.59 Å². The highest BCUT2D eigenvalue weighted by atomic mass is 16.5. The van der Waals surface area contributed by atoms with E-state index in [-0.39, 0.29) is 11.8 Å². The smallest absolute Gasteiger partial charge is 0.261 e. The van der Waals surface area contributed by atoms with Crippen molar-refractivity contribution in [1.82, 2.24) is 19.9 Å². The fourth-order valence-corrected chi connectivity index (χ4v) is 5.41. The van der Waals surface area contributed by atoms with Crippen molar-refractivity contribution < 1.29 is 14.3 Å². The van der Waals surface area contributed by atoms with E-state index in [1.54, 1.807) is 25.3 Å². The van der Waals surface area contributed by atoms with Gasteiger partial charge in [-0.2, -0.15) is 0 Å². The average molecular weight is 549 g/mol. The Morgan fingerprint density at radius 2 is 0.952 bits per heavy atom. The molecular formula is C35H24N4O3. The van der Waals surface area contributed by atoms with Gasteiger partial charge in [-0.3, -0.25) is 14.5 Å². The number of carbonyl (C=O) groups is 2. The van der Waals surface area contributed by atoms with Crippen molar-refractivity contribution in [3.05, 3.63) is 120 Å². The first-order valence-corrected chi connectivity index (χ1v) is 13.5. The van der Waals surface area contributed by atoms with E-state index in [1.165, 1.54) is 7.05 Å². The molecule has 2 heterocycles. The molecular weight excluding hydrogens is 524 g/mol. The summed E-state index contributed by atoms with van der Waals surface area (Å²) in [5.74, 6) is 1.21. The average Bonchev–Trinajstić information content (AvgIpc) is 3.06. The molecule has 0 atom stereocenters. The van der Waals surface area contributed by atoms with Crippen molar-refractivity contribution in [3.8, 4) is 51.0 Å². The monoisotopic (exact) mass is 548 g/mol. The largest absolute Gasteiger partial charge is 0.496 e. The Morgan fingerprint density at radius 1 is 0.500 bits per heavy atom. The second-order valence-electron chi connectivity index (χ2n) is 10.0. The Labute approximate surface area is 242 Å². The topological polar surface area (TPSA) is 85.3 Å². The number of imide groups is 1. The van der Waals surface area contributed by atoms with Crippen LogP contribution in [0.4, 0.5) is 0 Å². The summed E-state index contributed by atoms with van der Waals surface area (Å²) in [5, 5.41) is 1.15. The molecule has 42 heavy (non-hydrogen) atoms. The van der Waals surface area contributed by atoms with Gasteiger partial charge in [-0.15, -0.1) is 0 Å². The van der Waals surface area contributed by atoms with Gasteiger partial charge in [0.2, 0.25) is 0 Å². The lowest BCUT2D eigenvalue weighted by atomic mass is 9.90. The van der Waals surface area contributed by atoms with Crippen molar-refractivity contribution >= 4 is 22.6 Å². The number of benzene rings is 5. The number of carbonyl (C=O) groups excluding carboxylic acids is 2. The molecule has 0 N–H and O–H groups in total. The molecule has 5 aromatic carbocycles. The molecule has 0 bridgehead atoms. The van der Waals surface area contributed by atoms with Crippen LogP contribution in [0.1, 0.15) is 20.7 Å². The number of amides is 2. The Hall–Kier alpha value is -5.69. The zero-order chi connectivity index (χ0) is 28.8. The van der Waals surface area contributed by atoms with E-state index in [4.69, 9.17) is 19.7 Å². The lowest BCUT2D eigenvalue weighted by Gasteiger charge is -2.25. The second-order valence-corrected chi connectivity index (χ2v) is 10.0. The Morgan fingerprint density at radius 3 is 1.55 bits per heavy atom. The van der Waals surface area contributed by atoms with Crippen molar-refractivity contribution in [2.24, 2.45) is 0 Å². The molecule has 7 rings (SSSR count). The summed E-state index contributed by atoms with van der Waals surface area (Å²) < 4.78 is 5.74. The Bertz CT molecular complexity index is 1980. The number of rotatable bonds is 5. The molecule has 0 unspecified atom stereocenters. The molecule has 0 saturated carbocycles. The predicted molar refractivity (Wildman–Crippen MR) is 162 cm³/mol. The van der Waals surface area contributed by atoms with Crippen LogP contribution in [0.15, 0.2) is 109 Å². The highest BCUT2D eigenvalue weighted by Crippen LogP contribution is 2.41. The van der Waals surface area contributed by atoms with Crippen LogP contribution >= 0.6 is 0 Å². The molecule has 7 heteroatoms. The van der Waals surface area contributed by atoms with Crippen molar-refractivity contribution in [3.63, 3.8) is 0 Å². The van der Waals surface area contributed by atoms with Gasteiger partial charge in [0.1, 0.15) is 5.75 Å². The minimum atomic E-state index is -0.364. The van der Waals surface area contributed by atoms with E-state index in [0.29, 0.717) is 50.7 Å². The van der Waals surface area contributed by atoms with Crippen molar-refractivity contribution in [2.75, 3.05) is 14.2 Å². The van der Waals surface area contributed by atoms with Gasteiger partial charge in [-0.05, 0) is 35.4 Å². The van der Waals surface area contributed by atoms with Crippen molar-refractivity contribution in [2.45, 2.75) is 0 Å². The van der Waals surface area contributed by atoms with Gasteiger partial charge < -0.3 is 4.74 Å². The number of hydrogen-bond donors (Lipinski definition) is 0. The number of hydrogen-bond acceptors (Lipinski definition) is 6. The highest BCUT2D eigenvalue weighted by Gasteiger charge is 2.32. The van der Waals surface area contributed by atoms with Crippen LogP contribution in [0.5, 0.6) is 5.75 Å². The van der Waals surface area contributed by atoms with Gasteiger partial charge >= 0.3 is 0 Å². The molecule has 1 aliphatic rings. The number of nitrogens with zero attached hydrogens (tertiary/aromatic N) is 4. The predicted octanol–water partition coefficient (Wildman–Crippen LogP) is 6.93. The molecule has 2 amide bonds. The normalized spacial score (nSPS) is 12.6. The van der Waals surface area contributed by atoms with Crippen LogP contribution < -0.4 is 4.74 Å². The molecule has 0 radical (unpaired) electrons. The van der Waals surface area contributed by atoms with Gasteiger partial charge in [-0.25, -0.2) is 15.0 Å². The lowest BCUT2D eigenvalue weighted by molar-refractivity contribution is 0.0650. The SMILES string of the molecule is COc1ccc2c3c(ccc(-c4nc(-c5ccccc5)nc(-c5ccc(-c6ccccc6)cc5)n4)c13)C(=O)N(C)C2=O. The van der Waals surface area contributed by atoms with E-state index in [1.807, 2.05) is 66.7 Å². The van der Waals surface area contributed by atoms with Gasteiger partial charge in [0, 0.05) is 45.6 Å². The fraction of sp³-hybridized carbons (Fsp3) is 0.0571. The van der Waals surface area contributed by atoms with Crippen molar-refractivity contribution in [1.29, 1.82) is 0 Å². The van der Waals surface area contributed by atoms with Gasteiger partial charge in [0.15, 0.2) is 17.5 Å². The highest BCUT2D eigenvalue weighted by molar-refractivity contribution is 6.27. The summed E-state index contributed by atoms with van der Waals surface area (Å²) in [5.41, 5.74) is 5.37. The van der Waals surface area contributed by atoms with Crippen LogP contribution in [-0.2, 0) is 0 Å². The summed E-state index contributed by atoms with van der Waals surface area (Å²) in [6.45, 7) is 0. The summed E-state index contributed by atoms with van der Waals surface area (Å²) in [4.78, 5) is 42.0. The fourth-order valence-electron chi connectivity index (χ4n) is 5.41. The maximum Gasteiger partial charge on any atom is 0.261 e. The summed E-state index contributed by atoms with van der Waals surface area (Å²) >= 11 is 0. The van der Waals surface area contributed by atoms with Crippen LogP contribution in [0.25, 0.3) is 56.1 Å². The third-order valence-corrected chi connectivity index (χ3v) is 7.57. The molecule has 0 spiro atoms. The number of ether oxygens (including phenoxy) is 1. The van der Waals surface area contributed by atoms with E-state index >= 15 is 0 Å². The zero-order valence-electron chi connectivity index (χ0n) is 22.9. The third kappa shape index (κ3) is 4.10. The molecule has 1 aliphatic heterocycles. The molecule has 6 aromatic rings. The van der Waals surface area contributed by atoms with E-state index in [0.717, 1.165) is 27.2 Å². The first-order valence-electron chi connectivity index (χ1n) is 13.5. The van der Waals surface area contributed by atoms with Crippen LogP contribution in [0, 0.1) is 0 Å². The summed E-state index contributed by atoms with van der Waals surface area (Å²) in [6, 6.07) is 35.0. The maximum absolute atomic E-state index is 13.1. The van der Waals surface area contributed by atoms with Crippen LogP contribution in [0.3, 0.4) is 0 Å². The molecule has 202 valence electrons. The van der Waals surface area contributed by atoms with E-state index in [2.05, 4.69) is 24.3 Å². The first kappa shape index (κ1) is 25.3. The minimum Gasteiger partial charge on any atom is -0.496 e. The van der Waals surface area contributed by atoms with Crippen LogP contribution in [0.2, 0.25) is 0 Å². The maximum atomic E-state index is 13.1. The molecule has 0 aliphatic carbocycles. The quantitative estimate of drug-likeness (QED) is 0.217. The summed E-state index contributed by atoms with van der Waals surface area (Å²) in [6.07, 6.45) is 0. The molecule has 0 fully saturated rings. The molecule has 7 nitrogen and oxygen atoms in total. The molecule has 1 aromatic heterocycles. The number of methoxy groups -OCH3 is 1. The lowest BCUT2D eigenvalue weighted by Crippen LogP contribution is -2.36.